The molecule has 0 radical (unpaired) electrons. The molecule has 0 unspecified atom stereocenters. The van der Waals surface area contributed by atoms with E-state index in [1.807, 2.05) is 18.2 Å². The van der Waals surface area contributed by atoms with Crippen LogP contribution in [0.15, 0.2) is 58.3 Å². The molecule has 4 aromatic rings. The van der Waals surface area contributed by atoms with Crippen molar-refractivity contribution in [3.8, 4) is 11.1 Å². The van der Waals surface area contributed by atoms with Gasteiger partial charge in [-0.25, -0.2) is 13.4 Å². The minimum atomic E-state index is -3.62. The predicted octanol–water partition coefficient (Wildman–Crippen LogP) is 2.65. The van der Waals surface area contributed by atoms with Crippen molar-refractivity contribution in [2.24, 2.45) is 0 Å². The van der Waals surface area contributed by atoms with Crippen LogP contribution < -0.4 is 5.73 Å². The van der Waals surface area contributed by atoms with Crippen LogP contribution in [0.3, 0.4) is 0 Å². The van der Waals surface area contributed by atoms with Crippen LogP contribution in [-0.4, -0.2) is 49.0 Å². The number of sulfonamides is 1. The number of nitrogens with zero attached hydrogens (tertiary/aromatic N) is 3. The van der Waals surface area contributed by atoms with E-state index < -0.39 is 10.0 Å². The summed E-state index contributed by atoms with van der Waals surface area (Å²) >= 11 is 0. The van der Waals surface area contributed by atoms with Crippen molar-refractivity contribution in [2.75, 3.05) is 32.0 Å². The Morgan fingerprint density at radius 2 is 1.83 bits per heavy atom. The molecule has 2 N–H and O–H groups in total. The molecule has 8 nitrogen and oxygen atoms in total. The lowest BCUT2D eigenvalue weighted by Gasteiger charge is -2.26. The second-order valence-electron chi connectivity index (χ2n) is 6.82. The fourth-order valence-corrected chi connectivity index (χ4v) is 4.98. The second-order valence-corrected chi connectivity index (χ2v) is 8.75. The molecule has 0 aliphatic carbocycles. The number of hydrogen-bond donors (Lipinski definition) is 1. The van der Waals surface area contributed by atoms with E-state index >= 15 is 0 Å². The summed E-state index contributed by atoms with van der Waals surface area (Å²) in [5.74, 6) is 0. The zero-order chi connectivity index (χ0) is 20.0. The Kier molecular flexibility index (Phi) is 4.23. The molecule has 9 heteroatoms. The van der Waals surface area contributed by atoms with Crippen LogP contribution in [0.25, 0.3) is 33.1 Å². The highest BCUT2D eigenvalue weighted by Gasteiger charge is 2.26. The third-order valence-corrected chi connectivity index (χ3v) is 7.02. The van der Waals surface area contributed by atoms with Gasteiger partial charge in [-0.3, -0.25) is 4.98 Å². The molecule has 0 amide bonds. The number of pyridine rings is 1. The lowest BCUT2D eigenvalue weighted by Crippen LogP contribution is -2.40. The molecule has 5 rings (SSSR count). The number of benzene rings is 2. The Balaban J connectivity index is 1.62. The standard InChI is InChI=1S/C20H18N4O4S/c21-20-15-10-14(29(25,26)24-5-7-27-8-6-24)2-3-17(15)22-11-16(20)13-1-4-19-18(9-13)23-12-28-19/h1-4,9-12H,5-8H2,(H2,21,22). The van der Waals surface area contributed by atoms with Gasteiger partial charge in [-0.15, -0.1) is 0 Å². The van der Waals surface area contributed by atoms with Crippen LogP contribution in [0.4, 0.5) is 5.69 Å². The summed E-state index contributed by atoms with van der Waals surface area (Å²) in [4.78, 5) is 8.84. The van der Waals surface area contributed by atoms with Crippen molar-refractivity contribution >= 4 is 37.7 Å². The predicted molar refractivity (Wildman–Crippen MR) is 109 cm³/mol. The highest BCUT2D eigenvalue weighted by molar-refractivity contribution is 7.89. The third-order valence-electron chi connectivity index (χ3n) is 5.13. The van der Waals surface area contributed by atoms with E-state index in [0.717, 1.165) is 5.56 Å². The van der Waals surface area contributed by atoms with E-state index in [0.29, 0.717) is 59.6 Å². The number of ether oxygens (including phenoxy) is 1. The largest absolute Gasteiger partial charge is 0.443 e. The van der Waals surface area contributed by atoms with Crippen molar-refractivity contribution in [1.82, 2.24) is 14.3 Å². The molecule has 0 atom stereocenters. The van der Waals surface area contributed by atoms with Gasteiger partial charge in [0.2, 0.25) is 10.0 Å². The van der Waals surface area contributed by atoms with Crippen molar-refractivity contribution in [1.29, 1.82) is 0 Å². The summed E-state index contributed by atoms with van der Waals surface area (Å²) in [6, 6.07) is 10.4. The summed E-state index contributed by atoms with van der Waals surface area (Å²) in [5.41, 5.74) is 10.5. The van der Waals surface area contributed by atoms with Gasteiger partial charge < -0.3 is 14.9 Å². The van der Waals surface area contributed by atoms with Crippen LogP contribution in [0.5, 0.6) is 0 Å². The molecular weight excluding hydrogens is 392 g/mol. The minimum Gasteiger partial charge on any atom is -0.443 e. The average molecular weight is 410 g/mol. The van der Waals surface area contributed by atoms with Crippen LogP contribution in [0.1, 0.15) is 0 Å². The molecule has 1 fully saturated rings. The minimum absolute atomic E-state index is 0.199. The molecule has 1 aliphatic heterocycles. The van der Waals surface area contributed by atoms with Crippen molar-refractivity contribution in [3.63, 3.8) is 0 Å². The van der Waals surface area contributed by atoms with Gasteiger partial charge >= 0.3 is 0 Å². The number of nitrogen functional groups attached to an aromatic ring is 1. The van der Waals surface area contributed by atoms with E-state index in [2.05, 4.69) is 9.97 Å². The number of aromatic nitrogens is 2. The van der Waals surface area contributed by atoms with Gasteiger partial charge in [0.05, 0.1) is 29.3 Å². The Morgan fingerprint density at radius 1 is 1.00 bits per heavy atom. The number of morpholine rings is 1. The molecule has 29 heavy (non-hydrogen) atoms. The van der Waals surface area contributed by atoms with Crippen LogP contribution in [0, 0.1) is 0 Å². The third kappa shape index (κ3) is 3.03. The SMILES string of the molecule is Nc1c(-c2ccc3ocnc3c2)cnc2ccc(S(=O)(=O)N3CCOCC3)cc12. The van der Waals surface area contributed by atoms with E-state index in [1.165, 1.54) is 10.7 Å². The first kappa shape index (κ1) is 18.0. The van der Waals surface area contributed by atoms with Crippen molar-refractivity contribution in [3.05, 3.63) is 49.0 Å². The topological polar surface area (TPSA) is 112 Å². The molecule has 148 valence electrons. The first-order chi connectivity index (χ1) is 14.0. The maximum atomic E-state index is 13.0. The molecule has 3 heterocycles. The lowest BCUT2D eigenvalue weighted by atomic mass is 10.0. The number of anilines is 1. The summed E-state index contributed by atoms with van der Waals surface area (Å²) in [6.45, 7) is 1.47. The first-order valence-electron chi connectivity index (χ1n) is 9.14. The van der Waals surface area contributed by atoms with Crippen molar-refractivity contribution in [2.45, 2.75) is 4.90 Å². The normalized spacial score (nSPS) is 15.9. The Bertz CT molecular complexity index is 1330. The van der Waals surface area contributed by atoms with Crippen LogP contribution in [0.2, 0.25) is 0 Å². The van der Waals surface area contributed by atoms with Crippen LogP contribution in [-0.2, 0) is 14.8 Å². The average Bonchev–Trinajstić information content (AvgIpc) is 3.22. The van der Waals surface area contributed by atoms with Gasteiger partial charge in [0, 0.05) is 30.2 Å². The monoisotopic (exact) mass is 410 g/mol. The number of oxazole rings is 1. The molecule has 2 aromatic heterocycles. The number of rotatable bonds is 3. The van der Waals surface area contributed by atoms with Gasteiger partial charge in [0.25, 0.3) is 0 Å². The quantitative estimate of drug-likeness (QED) is 0.552. The maximum absolute atomic E-state index is 13.0. The van der Waals surface area contributed by atoms with Crippen molar-refractivity contribution < 1.29 is 17.6 Å². The van der Waals surface area contributed by atoms with Gasteiger partial charge in [-0.05, 0) is 35.9 Å². The zero-order valence-electron chi connectivity index (χ0n) is 15.4. The van der Waals surface area contributed by atoms with E-state index in [1.54, 1.807) is 24.4 Å². The zero-order valence-corrected chi connectivity index (χ0v) is 16.2. The Morgan fingerprint density at radius 3 is 2.66 bits per heavy atom. The summed E-state index contributed by atoms with van der Waals surface area (Å²) in [6.07, 6.45) is 3.08. The summed E-state index contributed by atoms with van der Waals surface area (Å²) < 4.78 is 38.0. The Labute approximate surface area is 167 Å². The fraction of sp³-hybridized carbons (Fsp3) is 0.200. The van der Waals surface area contributed by atoms with Gasteiger partial charge in [0.15, 0.2) is 12.0 Å². The van der Waals surface area contributed by atoms with Gasteiger partial charge in [0.1, 0.15) is 5.52 Å². The molecule has 0 saturated carbocycles. The number of hydrogen-bond acceptors (Lipinski definition) is 7. The number of fused-ring (bicyclic) bond motifs is 2. The van der Waals surface area contributed by atoms with E-state index in [4.69, 9.17) is 14.9 Å². The lowest BCUT2D eigenvalue weighted by molar-refractivity contribution is 0.0730. The van der Waals surface area contributed by atoms with Gasteiger partial charge in [-0.2, -0.15) is 4.31 Å². The maximum Gasteiger partial charge on any atom is 0.243 e. The number of nitrogens with two attached hydrogens (primary N) is 1. The molecule has 1 aliphatic rings. The molecule has 1 saturated heterocycles. The highest BCUT2D eigenvalue weighted by Crippen LogP contribution is 2.34. The molecule has 0 spiro atoms. The van der Waals surface area contributed by atoms with E-state index in [-0.39, 0.29) is 4.90 Å². The Hall–Kier alpha value is -3.01. The van der Waals surface area contributed by atoms with Gasteiger partial charge in [-0.1, -0.05) is 6.07 Å². The van der Waals surface area contributed by atoms with Crippen LogP contribution >= 0.6 is 0 Å². The molecule has 0 bridgehead atoms. The molecular formula is C20H18N4O4S. The smallest absolute Gasteiger partial charge is 0.243 e. The highest BCUT2D eigenvalue weighted by atomic mass is 32.2. The molecule has 2 aromatic carbocycles. The summed E-state index contributed by atoms with van der Waals surface area (Å²) in [7, 11) is -3.62. The summed E-state index contributed by atoms with van der Waals surface area (Å²) in [5, 5.41) is 0.595. The van der Waals surface area contributed by atoms with E-state index in [9.17, 15) is 8.42 Å². The second kappa shape index (κ2) is 6.80. The first-order valence-corrected chi connectivity index (χ1v) is 10.6. The fourth-order valence-electron chi connectivity index (χ4n) is 3.54.